The molecule has 0 amide bonds. The van der Waals surface area contributed by atoms with E-state index in [0.29, 0.717) is 6.54 Å². The van der Waals surface area contributed by atoms with Gasteiger partial charge in [-0.25, -0.2) is 0 Å². The molecule has 2 rings (SSSR count). The lowest BCUT2D eigenvalue weighted by Gasteiger charge is -2.17. The molecule has 0 aliphatic carbocycles. The summed E-state index contributed by atoms with van der Waals surface area (Å²) in [5.74, 6) is 0. The van der Waals surface area contributed by atoms with Crippen LogP contribution in [0.4, 0.5) is 0 Å². The van der Waals surface area contributed by atoms with Crippen LogP contribution in [0.25, 0.3) is 5.69 Å². The summed E-state index contributed by atoms with van der Waals surface area (Å²) in [7, 11) is 0. The second-order valence-electron chi connectivity index (χ2n) is 5.21. The van der Waals surface area contributed by atoms with E-state index in [-0.39, 0.29) is 0 Å². The highest BCUT2D eigenvalue weighted by atomic mass is 15.0. The first kappa shape index (κ1) is 13.9. The Balaban J connectivity index is 2.65. The van der Waals surface area contributed by atoms with Crippen molar-refractivity contribution in [1.29, 1.82) is 0 Å². The number of aryl methyl sites for hydroxylation is 3. The zero-order valence-electron chi connectivity index (χ0n) is 12.5. The molecule has 0 bridgehead atoms. The van der Waals surface area contributed by atoms with Crippen LogP contribution in [-0.2, 0) is 12.8 Å². The van der Waals surface area contributed by atoms with Crippen molar-refractivity contribution in [3.63, 3.8) is 0 Å². The summed E-state index contributed by atoms with van der Waals surface area (Å²) in [4.78, 5) is 0. The first-order valence-electron chi connectivity index (χ1n) is 7.06. The van der Waals surface area contributed by atoms with Crippen LogP contribution < -0.4 is 5.73 Å². The van der Waals surface area contributed by atoms with Crippen molar-refractivity contribution in [3.8, 4) is 5.69 Å². The van der Waals surface area contributed by atoms with Gasteiger partial charge in [0.2, 0.25) is 0 Å². The molecule has 0 unspecified atom stereocenters. The fourth-order valence-corrected chi connectivity index (χ4v) is 2.91. The molecule has 0 saturated heterocycles. The van der Waals surface area contributed by atoms with Gasteiger partial charge in [-0.2, -0.15) is 0 Å². The predicted molar refractivity (Wildman–Crippen MR) is 82.1 cm³/mol. The minimum absolute atomic E-state index is 0.707. The Morgan fingerprint density at radius 2 is 1.84 bits per heavy atom. The zero-order valence-corrected chi connectivity index (χ0v) is 12.5. The Morgan fingerprint density at radius 3 is 2.47 bits per heavy atom. The summed E-state index contributed by atoms with van der Waals surface area (Å²) in [5, 5.41) is 0. The van der Waals surface area contributed by atoms with Crippen LogP contribution in [0.3, 0.4) is 0 Å². The molecule has 0 saturated carbocycles. The molecular weight excluding hydrogens is 232 g/mol. The van der Waals surface area contributed by atoms with Crippen molar-refractivity contribution in [2.24, 2.45) is 5.73 Å². The summed E-state index contributed by atoms with van der Waals surface area (Å²) >= 11 is 0. The molecule has 0 fully saturated rings. The molecular formula is C17H24N2. The van der Waals surface area contributed by atoms with Crippen molar-refractivity contribution >= 4 is 0 Å². The Hall–Kier alpha value is -1.54. The number of aromatic nitrogens is 1. The highest BCUT2D eigenvalue weighted by molar-refractivity contribution is 5.51. The SMILES string of the molecule is CCc1cccc(C)c1-n1c(C)cc(CCN)c1C. The van der Waals surface area contributed by atoms with E-state index in [1.54, 1.807) is 0 Å². The van der Waals surface area contributed by atoms with Gasteiger partial charge in [-0.1, -0.05) is 25.1 Å². The van der Waals surface area contributed by atoms with E-state index in [2.05, 4.69) is 56.5 Å². The molecule has 19 heavy (non-hydrogen) atoms. The third-order valence-electron chi connectivity index (χ3n) is 3.88. The molecule has 2 N–H and O–H groups in total. The Kier molecular flexibility index (Phi) is 4.11. The average Bonchev–Trinajstić information content (AvgIpc) is 2.65. The lowest BCUT2D eigenvalue weighted by molar-refractivity contribution is 0.901. The van der Waals surface area contributed by atoms with E-state index in [9.17, 15) is 0 Å². The third-order valence-corrected chi connectivity index (χ3v) is 3.88. The van der Waals surface area contributed by atoms with Crippen LogP contribution in [0.5, 0.6) is 0 Å². The van der Waals surface area contributed by atoms with E-state index in [0.717, 1.165) is 12.8 Å². The van der Waals surface area contributed by atoms with Crippen LogP contribution >= 0.6 is 0 Å². The standard InChI is InChI=1S/C17H24N2/c1-5-15-8-6-7-12(2)17(15)19-13(3)11-16(9-10-18)14(19)4/h6-8,11H,5,9-10,18H2,1-4H3. The molecule has 1 aromatic heterocycles. The van der Waals surface area contributed by atoms with Crippen LogP contribution in [0, 0.1) is 20.8 Å². The molecule has 0 radical (unpaired) electrons. The van der Waals surface area contributed by atoms with Crippen LogP contribution in [0.1, 0.15) is 35.0 Å². The maximum Gasteiger partial charge on any atom is 0.0516 e. The molecule has 0 spiro atoms. The number of rotatable bonds is 4. The molecule has 0 aliphatic heterocycles. The highest BCUT2D eigenvalue weighted by Gasteiger charge is 2.14. The van der Waals surface area contributed by atoms with E-state index < -0.39 is 0 Å². The largest absolute Gasteiger partial charge is 0.330 e. The second kappa shape index (κ2) is 5.62. The topological polar surface area (TPSA) is 30.9 Å². The van der Waals surface area contributed by atoms with Crippen molar-refractivity contribution in [2.75, 3.05) is 6.54 Å². The summed E-state index contributed by atoms with van der Waals surface area (Å²) in [6.45, 7) is 9.49. The van der Waals surface area contributed by atoms with Gasteiger partial charge in [-0.05, 0) is 62.9 Å². The Morgan fingerprint density at radius 1 is 1.11 bits per heavy atom. The van der Waals surface area contributed by atoms with Crippen LogP contribution in [-0.4, -0.2) is 11.1 Å². The number of para-hydroxylation sites is 1. The van der Waals surface area contributed by atoms with Gasteiger partial charge < -0.3 is 10.3 Å². The minimum Gasteiger partial charge on any atom is -0.330 e. The number of hydrogen-bond donors (Lipinski definition) is 1. The lowest BCUT2D eigenvalue weighted by atomic mass is 10.1. The molecule has 2 aromatic rings. The fraction of sp³-hybridized carbons (Fsp3) is 0.412. The van der Waals surface area contributed by atoms with E-state index in [1.807, 2.05) is 0 Å². The summed E-state index contributed by atoms with van der Waals surface area (Å²) < 4.78 is 2.39. The third kappa shape index (κ3) is 2.45. The molecule has 1 heterocycles. The maximum absolute atomic E-state index is 5.70. The monoisotopic (exact) mass is 256 g/mol. The highest BCUT2D eigenvalue weighted by Crippen LogP contribution is 2.26. The first-order chi connectivity index (χ1) is 9.10. The second-order valence-corrected chi connectivity index (χ2v) is 5.21. The molecule has 0 aliphatic rings. The van der Waals surface area contributed by atoms with Gasteiger partial charge in [-0.15, -0.1) is 0 Å². The van der Waals surface area contributed by atoms with Gasteiger partial charge in [0.25, 0.3) is 0 Å². The summed E-state index contributed by atoms with van der Waals surface area (Å²) in [6, 6.07) is 8.83. The van der Waals surface area contributed by atoms with E-state index >= 15 is 0 Å². The zero-order chi connectivity index (χ0) is 14.0. The molecule has 2 heteroatoms. The van der Waals surface area contributed by atoms with Gasteiger partial charge in [0.15, 0.2) is 0 Å². The summed E-state index contributed by atoms with van der Waals surface area (Å²) in [6.07, 6.45) is 2.01. The lowest BCUT2D eigenvalue weighted by Crippen LogP contribution is -2.07. The van der Waals surface area contributed by atoms with Gasteiger partial charge in [0.1, 0.15) is 0 Å². The molecule has 102 valence electrons. The maximum atomic E-state index is 5.70. The van der Waals surface area contributed by atoms with Gasteiger partial charge in [0.05, 0.1) is 5.69 Å². The number of nitrogens with two attached hydrogens (primary N) is 1. The van der Waals surface area contributed by atoms with Crippen molar-refractivity contribution in [1.82, 2.24) is 4.57 Å². The Labute approximate surface area is 116 Å². The minimum atomic E-state index is 0.707. The smallest absolute Gasteiger partial charge is 0.0516 e. The van der Waals surface area contributed by atoms with Crippen molar-refractivity contribution < 1.29 is 0 Å². The van der Waals surface area contributed by atoms with Crippen LogP contribution in [0.2, 0.25) is 0 Å². The average molecular weight is 256 g/mol. The van der Waals surface area contributed by atoms with Crippen LogP contribution in [0.15, 0.2) is 24.3 Å². The van der Waals surface area contributed by atoms with Gasteiger partial charge in [0, 0.05) is 11.4 Å². The number of benzene rings is 1. The quantitative estimate of drug-likeness (QED) is 0.892. The molecule has 2 nitrogen and oxygen atoms in total. The molecule has 1 aromatic carbocycles. The normalized spacial score (nSPS) is 11.0. The fourth-order valence-electron chi connectivity index (χ4n) is 2.91. The van der Waals surface area contributed by atoms with Gasteiger partial charge >= 0.3 is 0 Å². The predicted octanol–water partition coefficient (Wildman–Crippen LogP) is 3.47. The van der Waals surface area contributed by atoms with E-state index in [1.165, 1.54) is 33.8 Å². The van der Waals surface area contributed by atoms with Crippen molar-refractivity contribution in [2.45, 2.75) is 40.5 Å². The first-order valence-corrected chi connectivity index (χ1v) is 7.06. The molecule has 0 atom stereocenters. The van der Waals surface area contributed by atoms with Gasteiger partial charge in [-0.3, -0.25) is 0 Å². The number of hydrogen-bond acceptors (Lipinski definition) is 1. The van der Waals surface area contributed by atoms with E-state index in [4.69, 9.17) is 5.73 Å². The Bertz CT molecular complexity index is 579. The van der Waals surface area contributed by atoms with Crippen molar-refractivity contribution in [3.05, 3.63) is 52.3 Å². The summed E-state index contributed by atoms with van der Waals surface area (Å²) in [5.41, 5.74) is 13.8. The number of nitrogens with zero attached hydrogens (tertiary/aromatic N) is 1.